The summed E-state index contributed by atoms with van der Waals surface area (Å²) >= 11 is 0. The number of benzene rings is 1. The summed E-state index contributed by atoms with van der Waals surface area (Å²) in [6.07, 6.45) is 2.39. The van der Waals surface area contributed by atoms with Gasteiger partial charge in [-0.3, -0.25) is 0 Å². The predicted octanol–water partition coefficient (Wildman–Crippen LogP) is 4.78. The molecule has 5 nitrogen and oxygen atoms in total. The van der Waals surface area contributed by atoms with Crippen molar-refractivity contribution in [1.29, 1.82) is 0 Å². The van der Waals surface area contributed by atoms with Gasteiger partial charge in [0.1, 0.15) is 11.4 Å². The maximum atomic E-state index is 11.0. The van der Waals surface area contributed by atoms with Crippen LogP contribution in [0.1, 0.15) is 59.1 Å². The number of hydrogen-bond donors (Lipinski definition) is 2. The summed E-state index contributed by atoms with van der Waals surface area (Å²) in [6.45, 7) is 13.4. The van der Waals surface area contributed by atoms with E-state index in [1.54, 1.807) is 6.20 Å². The molecule has 0 spiro atoms. The fourth-order valence-electron chi connectivity index (χ4n) is 3.51. The molecule has 0 saturated carbocycles. The number of aryl methyl sites for hydroxylation is 1. The standard InChI is InChI=1S/C23H31N3O2/c1-22(2,3)17-13-15(14-18(20(17)28)23(4,5)6)19-16-9-7-10-24-21(16)26(25-19)11-8-12-27/h7,9-10,13-14,27-28H,8,11-12H2,1-6H3. The van der Waals surface area contributed by atoms with Gasteiger partial charge in [-0.25, -0.2) is 9.67 Å². The van der Waals surface area contributed by atoms with Crippen LogP contribution in [0.5, 0.6) is 5.75 Å². The van der Waals surface area contributed by atoms with Gasteiger partial charge in [-0.15, -0.1) is 0 Å². The van der Waals surface area contributed by atoms with Crippen LogP contribution in [0.25, 0.3) is 22.3 Å². The Labute approximate surface area is 167 Å². The van der Waals surface area contributed by atoms with Gasteiger partial charge in [-0.05, 0) is 41.5 Å². The number of phenolic OH excluding ortho intramolecular Hbond substituents is 1. The minimum absolute atomic E-state index is 0.116. The molecule has 3 rings (SSSR count). The van der Waals surface area contributed by atoms with E-state index in [9.17, 15) is 10.2 Å². The van der Waals surface area contributed by atoms with Crippen LogP contribution in [-0.2, 0) is 17.4 Å². The lowest BCUT2D eigenvalue weighted by Gasteiger charge is -2.28. The smallest absolute Gasteiger partial charge is 0.158 e. The second kappa shape index (κ2) is 7.21. The first-order valence-corrected chi connectivity index (χ1v) is 9.85. The quantitative estimate of drug-likeness (QED) is 0.682. The number of pyridine rings is 1. The number of aliphatic hydroxyl groups is 1. The van der Waals surface area contributed by atoms with Crippen molar-refractivity contribution < 1.29 is 10.2 Å². The van der Waals surface area contributed by atoms with Crippen molar-refractivity contribution in [3.05, 3.63) is 41.6 Å². The van der Waals surface area contributed by atoms with Gasteiger partial charge in [0, 0.05) is 41.4 Å². The molecule has 3 aromatic rings. The van der Waals surface area contributed by atoms with Crippen LogP contribution in [-0.4, -0.2) is 31.6 Å². The normalized spacial score (nSPS) is 12.7. The number of fused-ring (bicyclic) bond motifs is 1. The number of nitrogens with zero attached hydrogens (tertiary/aromatic N) is 3. The Morgan fingerprint density at radius 1 is 1.00 bits per heavy atom. The zero-order chi connectivity index (χ0) is 20.7. The fraction of sp³-hybridized carbons (Fsp3) is 0.478. The maximum Gasteiger partial charge on any atom is 0.158 e. The summed E-state index contributed by atoms with van der Waals surface area (Å²) in [5.41, 5.74) is 4.08. The summed E-state index contributed by atoms with van der Waals surface area (Å²) in [5.74, 6) is 0.367. The molecule has 0 saturated heterocycles. The Bertz CT molecular complexity index is 956. The maximum absolute atomic E-state index is 11.0. The Hall–Kier alpha value is -2.40. The summed E-state index contributed by atoms with van der Waals surface area (Å²) in [6, 6.07) is 8.05. The van der Waals surface area contributed by atoms with Crippen LogP contribution in [0.2, 0.25) is 0 Å². The van der Waals surface area contributed by atoms with Crippen molar-refractivity contribution in [2.24, 2.45) is 0 Å². The molecule has 5 heteroatoms. The molecule has 0 unspecified atom stereocenters. The summed E-state index contributed by atoms with van der Waals surface area (Å²) in [7, 11) is 0. The van der Waals surface area contributed by atoms with Crippen LogP contribution < -0.4 is 0 Å². The SMILES string of the molecule is CC(C)(C)c1cc(-c2nn(CCCO)c3ncccc23)cc(C(C)(C)C)c1O. The van der Waals surface area contributed by atoms with Gasteiger partial charge < -0.3 is 10.2 Å². The zero-order valence-electron chi connectivity index (χ0n) is 17.7. The number of rotatable bonds is 4. The van der Waals surface area contributed by atoms with E-state index in [0.717, 1.165) is 33.4 Å². The molecule has 0 amide bonds. The minimum Gasteiger partial charge on any atom is -0.507 e. The van der Waals surface area contributed by atoms with Gasteiger partial charge >= 0.3 is 0 Å². The molecule has 0 atom stereocenters. The summed E-state index contributed by atoms with van der Waals surface area (Å²) in [5, 5.41) is 26.0. The third-order valence-electron chi connectivity index (χ3n) is 5.03. The summed E-state index contributed by atoms with van der Waals surface area (Å²) < 4.78 is 1.86. The van der Waals surface area contributed by atoms with Crippen LogP contribution in [0.4, 0.5) is 0 Å². The van der Waals surface area contributed by atoms with Crippen LogP contribution in [0.3, 0.4) is 0 Å². The first kappa shape index (κ1) is 20.3. The average molecular weight is 382 g/mol. The first-order valence-electron chi connectivity index (χ1n) is 9.85. The highest BCUT2D eigenvalue weighted by molar-refractivity contribution is 5.91. The Balaban J connectivity index is 2.30. The second-order valence-electron chi connectivity index (χ2n) is 9.44. The molecule has 0 bridgehead atoms. The molecule has 28 heavy (non-hydrogen) atoms. The average Bonchev–Trinajstić information content (AvgIpc) is 2.97. The lowest BCUT2D eigenvalue weighted by atomic mass is 9.78. The van der Waals surface area contributed by atoms with Gasteiger partial charge in [0.15, 0.2) is 5.65 Å². The number of aromatic hydroxyl groups is 1. The molecule has 2 aromatic heterocycles. The van der Waals surface area contributed by atoms with E-state index in [4.69, 9.17) is 5.10 Å². The van der Waals surface area contributed by atoms with Crippen LogP contribution in [0, 0.1) is 0 Å². The topological polar surface area (TPSA) is 71.2 Å². The molecule has 0 radical (unpaired) electrons. The molecule has 0 fully saturated rings. The number of phenols is 1. The van der Waals surface area contributed by atoms with Crippen molar-refractivity contribution in [2.75, 3.05) is 6.61 Å². The van der Waals surface area contributed by atoms with Gasteiger partial charge in [-0.1, -0.05) is 41.5 Å². The van der Waals surface area contributed by atoms with E-state index >= 15 is 0 Å². The predicted molar refractivity (Wildman–Crippen MR) is 114 cm³/mol. The van der Waals surface area contributed by atoms with Crippen molar-refractivity contribution in [3.63, 3.8) is 0 Å². The van der Waals surface area contributed by atoms with Gasteiger partial charge in [0.05, 0.1) is 0 Å². The Kier molecular flexibility index (Phi) is 5.24. The van der Waals surface area contributed by atoms with E-state index < -0.39 is 0 Å². The zero-order valence-corrected chi connectivity index (χ0v) is 17.7. The fourth-order valence-corrected chi connectivity index (χ4v) is 3.51. The van der Waals surface area contributed by atoms with Crippen molar-refractivity contribution >= 4 is 11.0 Å². The largest absolute Gasteiger partial charge is 0.507 e. The Morgan fingerprint density at radius 2 is 1.61 bits per heavy atom. The van der Waals surface area contributed by atoms with Crippen LogP contribution in [0.15, 0.2) is 30.5 Å². The van der Waals surface area contributed by atoms with Crippen molar-refractivity contribution in [2.45, 2.75) is 65.3 Å². The molecule has 0 aliphatic rings. The molecular weight excluding hydrogens is 350 g/mol. The molecular formula is C23H31N3O2. The molecule has 0 aliphatic carbocycles. The number of hydrogen-bond acceptors (Lipinski definition) is 4. The minimum atomic E-state index is -0.201. The molecule has 1 aromatic carbocycles. The third-order valence-corrected chi connectivity index (χ3v) is 5.03. The molecule has 2 N–H and O–H groups in total. The summed E-state index contributed by atoms with van der Waals surface area (Å²) in [4.78, 5) is 4.51. The van der Waals surface area contributed by atoms with E-state index in [0.29, 0.717) is 18.7 Å². The second-order valence-corrected chi connectivity index (χ2v) is 9.44. The molecule has 2 heterocycles. The lowest BCUT2D eigenvalue weighted by molar-refractivity contribution is 0.278. The Morgan fingerprint density at radius 3 is 2.14 bits per heavy atom. The monoisotopic (exact) mass is 381 g/mol. The van der Waals surface area contributed by atoms with Crippen molar-refractivity contribution in [1.82, 2.24) is 14.8 Å². The highest BCUT2D eigenvalue weighted by Gasteiger charge is 2.28. The highest BCUT2D eigenvalue weighted by atomic mass is 16.3. The third kappa shape index (κ3) is 3.76. The number of aromatic nitrogens is 3. The van der Waals surface area contributed by atoms with E-state index in [-0.39, 0.29) is 17.4 Å². The first-order chi connectivity index (χ1) is 13.0. The van der Waals surface area contributed by atoms with E-state index in [1.165, 1.54) is 0 Å². The molecule has 0 aliphatic heterocycles. The van der Waals surface area contributed by atoms with E-state index in [2.05, 4.69) is 58.7 Å². The van der Waals surface area contributed by atoms with Crippen LogP contribution >= 0.6 is 0 Å². The lowest BCUT2D eigenvalue weighted by Crippen LogP contribution is -2.17. The van der Waals surface area contributed by atoms with Gasteiger partial charge in [-0.2, -0.15) is 5.10 Å². The van der Waals surface area contributed by atoms with Gasteiger partial charge in [0.2, 0.25) is 0 Å². The molecule has 150 valence electrons. The highest BCUT2D eigenvalue weighted by Crippen LogP contribution is 2.42. The van der Waals surface area contributed by atoms with Gasteiger partial charge in [0.25, 0.3) is 0 Å². The van der Waals surface area contributed by atoms with E-state index in [1.807, 2.05) is 16.8 Å². The number of aliphatic hydroxyl groups excluding tert-OH is 1. The van der Waals surface area contributed by atoms with Crippen molar-refractivity contribution in [3.8, 4) is 17.0 Å².